The van der Waals surface area contributed by atoms with Crippen molar-refractivity contribution in [3.05, 3.63) is 10.2 Å². The van der Waals surface area contributed by atoms with Crippen LogP contribution < -0.4 is 5.73 Å². The number of rotatable bonds is 1. The van der Waals surface area contributed by atoms with Crippen LogP contribution in [0.4, 0.5) is 5.82 Å². The van der Waals surface area contributed by atoms with Crippen LogP contribution in [0.2, 0.25) is 0 Å². The topological polar surface area (TPSA) is 52.0 Å². The van der Waals surface area contributed by atoms with E-state index in [1.807, 2.05) is 0 Å². The summed E-state index contributed by atoms with van der Waals surface area (Å²) >= 11 is 3.42. The first-order valence-electron chi connectivity index (χ1n) is 5.09. The zero-order chi connectivity index (χ0) is 10.1. The number of halogens is 1. The first-order valence-corrected chi connectivity index (χ1v) is 5.88. The number of hydrogen-bond donors (Lipinski definition) is 1. The number of nitrogens with zero attached hydrogens (tertiary/aromatic N) is 1. The molecule has 1 aliphatic carbocycles. The van der Waals surface area contributed by atoms with E-state index in [0.29, 0.717) is 11.7 Å². The summed E-state index contributed by atoms with van der Waals surface area (Å²) in [6.45, 7) is 2.29. The van der Waals surface area contributed by atoms with Gasteiger partial charge < -0.3 is 10.3 Å². The van der Waals surface area contributed by atoms with E-state index in [4.69, 9.17) is 10.3 Å². The maximum absolute atomic E-state index is 5.63. The maximum atomic E-state index is 5.63. The first-order chi connectivity index (χ1) is 6.68. The highest BCUT2D eigenvalue weighted by Gasteiger charge is 2.26. The number of aromatic nitrogens is 1. The first kappa shape index (κ1) is 10.0. The van der Waals surface area contributed by atoms with Crippen LogP contribution in [-0.2, 0) is 0 Å². The van der Waals surface area contributed by atoms with Gasteiger partial charge in [0.15, 0.2) is 11.6 Å². The van der Waals surface area contributed by atoms with Crippen LogP contribution in [0.15, 0.2) is 9.00 Å². The Morgan fingerprint density at radius 2 is 2.29 bits per heavy atom. The molecule has 0 bridgehead atoms. The van der Waals surface area contributed by atoms with Crippen LogP contribution in [0.5, 0.6) is 0 Å². The smallest absolute Gasteiger partial charge is 0.181 e. The van der Waals surface area contributed by atoms with Gasteiger partial charge in [-0.25, -0.2) is 0 Å². The second-order valence-electron chi connectivity index (χ2n) is 4.21. The fourth-order valence-corrected chi connectivity index (χ4v) is 2.70. The summed E-state index contributed by atoms with van der Waals surface area (Å²) in [5.74, 6) is 2.69. The zero-order valence-electron chi connectivity index (χ0n) is 8.29. The summed E-state index contributed by atoms with van der Waals surface area (Å²) < 4.78 is 6.12. The molecule has 4 heteroatoms. The van der Waals surface area contributed by atoms with Crippen LogP contribution in [0, 0.1) is 5.92 Å². The lowest BCUT2D eigenvalue weighted by atomic mass is 9.81. The molecule has 0 amide bonds. The molecule has 2 rings (SSSR count). The van der Waals surface area contributed by atoms with Crippen LogP contribution in [0.1, 0.15) is 44.3 Å². The van der Waals surface area contributed by atoms with E-state index in [1.54, 1.807) is 0 Å². The average Bonchev–Trinajstić information content (AvgIpc) is 2.48. The predicted molar refractivity (Wildman–Crippen MR) is 59.0 cm³/mol. The van der Waals surface area contributed by atoms with Crippen molar-refractivity contribution in [2.75, 3.05) is 5.73 Å². The van der Waals surface area contributed by atoms with Crippen molar-refractivity contribution in [2.45, 2.75) is 38.5 Å². The van der Waals surface area contributed by atoms with Gasteiger partial charge in [0.2, 0.25) is 0 Å². The SMILES string of the molecule is CC1CCCC(c2onc(N)c2Br)C1. The van der Waals surface area contributed by atoms with E-state index < -0.39 is 0 Å². The largest absolute Gasteiger partial charge is 0.380 e. The van der Waals surface area contributed by atoms with E-state index in [-0.39, 0.29) is 0 Å². The van der Waals surface area contributed by atoms with Gasteiger partial charge in [0, 0.05) is 5.92 Å². The highest BCUT2D eigenvalue weighted by Crippen LogP contribution is 2.40. The van der Waals surface area contributed by atoms with Gasteiger partial charge in [0.25, 0.3) is 0 Å². The molecule has 1 fully saturated rings. The molecule has 3 nitrogen and oxygen atoms in total. The second-order valence-corrected chi connectivity index (χ2v) is 5.01. The lowest BCUT2D eigenvalue weighted by Gasteiger charge is -2.24. The molecule has 0 radical (unpaired) electrons. The van der Waals surface area contributed by atoms with Gasteiger partial charge in [-0.15, -0.1) is 0 Å². The van der Waals surface area contributed by atoms with E-state index in [2.05, 4.69) is 28.0 Å². The minimum absolute atomic E-state index is 0.471. The van der Waals surface area contributed by atoms with Crippen molar-refractivity contribution in [1.29, 1.82) is 0 Å². The Hall–Kier alpha value is -0.510. The number of nitrogens with two attached hydrogens (primary N) is 1. The molecule has 78 valence electrons. The molecule has 2 N–H and O–H groups in total. The van der Waals surface area contributed by atoms with Gasteiger partial charge >= 0.3 is 0 Å². The summed E-state index contributed by atoms with van der Waals surface area (Å²) in [5, 5.41) is 3.77. The van der Waals surface area contributed by atoms with Gasteiger partial charge in [-0.3, -0.25) is 0 Å². The third kappa shape index (κ3) is 1.80. The molecule has 1 aromatic heterocycles. The summed E-state index contributed by atoms with van der Waals surface area (Å²) in [4.78, 5) is 0. The second kappa shape index (κ2) is 3.93. The standard InChI is InChI=1S/C10H15BrN2O/c1-6-3-2-4-7(5-6)9-8(11)10(12)13-14-9/h6-7H,2-5H2,1H3,(H2,12,13). The lowest BCUT2D eigenvalue weighted by Crippen LogP contribution is -2.11. The zero-order valence-corrected chi connectivity index (χ0v) is 9.88. The number of hydrogen-bond acceptors (Lipinski definition) is 3. The van der Waals surface area contributed by atoms with Crippen LogP contribution >= 0.6 is 15.9 Å². The van der Waals surface area contributed by atoms with Crippen LogP contribution in [-0.4, -0.2) is 5.16 Å². The van der Waals surface area contributed by atoms with Gasteiger partial charge in [-0.2, -0.15) is 0 Å². The molecular formula is C10H15BrN2O. The molecule has 0 saturated heterocycles. The van der Waals surface area contributed by atoms with Gasteiger partial charge in [-0.05, 0) is 34.7 Å². The fourth-order valence-electron chi connectivity index (χ4n) is 2.23. The molecule has 1 aliphatic rings. The molecule has 2 atom stereocenters. The van der Waals surface area contributed by atoms with E-state index >= 15 is 0 Å². The van der Waals surface area contributed by atoms with E-state index in [9.17, 15) is 0 Å². The third-order valence-corrected chi connectivity index (χ3v) is 3.79. The summed E-state index contributed by atoms with van der Waals surface area (Å²) in [6, 6.07) is 0. The van der Waals surface area contributed by atoms with Crippen molar-refractivity contribution in [2.24, 2.45) is 5.92 Å². The van der Waals surface area contributed by atoms with Crippen molar-refractivity contribution >= 4 is 21.7 Å². The molecule has 2 unspecified atom stereocenters. The monoisotopic (exact) mass is 258 g/mol. The van der Waals surface area contributed by atoms with Crippen LogP contribution in [0.25, 0.3) is 0 Å². The van der Waals surface area contributed by atoms with Gasteiger partial charge in [-0.1, -0.05) is 24.9 Å². The highest BCUT2D eigenvalue weighted by atomic mass is 79.9. The molecule has 0 aliphatic heterocycles. The number of nitrogen functional groups attached to an aromatic ring is 1. The lowest BCUT2D eigenvalue weighted by molar-refractivity contribution is 0.282. The third-order valence-electron chi connectivity index (χ3n) is 2.99. The highest BCUT2D eigenvalue weighted by molar-refractivity contribution is 9.10. The van der Waals surface area contributed by atoms with Crippen LogP contribution in [0.3, 0.4) is 0 Å². The van der Waals surface area contributed by atoms with Crippen molar-refractivity contribution in [3.63, 3.8) is 0 Å². The Labute approximate surface area is 92.2 Å². The summed E-state index contributed by atoms with van der Waals surface area (Å²) in [6.07, 6.45) is 4.99. The molecule has 1 heterocycles. The maximum Gasteiger partial charge on any atom is 0.181 e. The van der Waals surface area contributed by atoms with Crippen molar-refractivity contribution < 1.29 is 4.52 Å². The normalized spacial score (nSPS) is 27.9. The summed E-state index contributed by atoms with van der Waals surface area (Å²) in [7, 11) is 0. The average molecular weight is 259 g/mol. The molecule has 0 aromatic carbocycles. The Morgan fingerprint density at radius 3 is 2.86 bits per heavy atom. The van der Waals surface area contributed by atoms with Crippen molar-refractivity contribution in [1.82, 2.24) is 5.16 Å². The quantitative estimate of drug-likeness (QED) is 0.841. The Bertz CT molecular complexity index is 324. The molecule has 0 spiro atoms. The summed E-state index contributed by atoms with van der Waals surface area (Å²) in [5.41, 5.74) is 5.63. The minimum atomic E-state index is 0.471. The Kier molecular flexibility index (Phi) is 2.81. The van der Waals surface area contributed by atoms with E-state index in [0.717, 1.165) is 16.2 Å². The fraction of sp³-hybridized carbons (Fsp3) is 0.700. The Balaban J connectivity index is 2.18. The Morgan fingerprint density at radius 1 is 1.50 bits per heavy atom. The van der Waals surface area contributed by atoms with Gasteiger partial charge in [0.05, 0.1) is 0 Å². The molecule has 1 aromatic rings. The molecule has 1 saturated carbocycles. The van der Waals surface area contributed by atoms with E-state index in [1.165, 1.54) is 25.7 Å². The molecule has 14 heavy (non-hydrogen) atoms. The molecular weight excluding hydrogens is 244 g/mol. The van der Waals surface area contributed by atoms with Crippen molar-refractivity contribution in [3.8, 4) is 0 Å². The van der Waals surface area contributed by atoms with Gasteiger partial charge in [0.1, 0.15) is 4.47 Å². The predicted octanol–water partition coefficient (Wildman–Crippen LogP) is 3.31. The number of anilines is 1. The minimum Gasteiger partial charge on any atom is -0.380 e.